The highest BCUT2D eigenvalue weighted by Crippen LogP contribution is 2.25. The van der Waals surface area contributed by atoms with Gasteiger partial charge in [-0.1, -0.05) is 37.3 Å². The number of hydrogen-bond acceptors (Lipinski definition) is 4. The van der Waals surface area contributed by atoms with E-state index in [1.54, 1.807) is 12.4 Å². The lowest BCUT2D eigenvalue weighted by Crippen LogP contribution is -2.16. The lowest BCUT2D eigenvalue weighted by Gasteiger charge is -2.07. The maximum atomic E-state index is 13.0. The molecule has 1 unspecified atom stereocenters. The zero-order valence-corrected chi connectivity index (χ0v) is 15.0. The summed E-state index contributed by atoms with van der Waals surface area (Å²) in [5.41, 5.74) is 4.01. The summed E-state index contributed by atoms with van der Waals surface area (Å²) in [6.45, 7) is 4.82. The molecule has 0 saturated heterocycles. The molecule has 134 valence electrons. The van der Waals surface area contributed by atoms with Crippen molar-refractivity contribution in [2.24, 2.45) is 0 Å². The van der Waals surface area contributed by atoms with Gasteiger partial charge >= 0.3 is 0 Å². The van der Waals surface area contributed by atoms with Gasteiger partial charge in [0.25, 0.3) is 5.56 Å². The van der Waals surface area contributed by atoms with Crippen LogP contribution in [0.3, 0.4) is 0 Å². The normalized spacial score (nSPS) is 13.0. The van der Waals surface area contributed by atoms with Gasteiger partial charge < -0.3 is 4.98 Å². The predicted octanol–water partition coefficient (Wildman–Crippen LogP) is 3.09. The Morgan fingerprint density at radius 1 is 1.15 bits per heavy atom. The van der Waals surface area contributed by atoms with Crippen molar-refractivity contribution in [2.75, 3.05) is 0 Å². The van der Waals surface area contributed by atoms with Gasteiger partial charge in [0, 0.05) is 24.7 Å². The van der Waals surface area contributed by atoms with E-state index >= 15 is 0 Å². The molecule has 5 rings (SSSR count). The average Bonchev–Trinajstić information content (AvgIpc) is 3.32. The fraction of sp³-hybridized carbons (Fsp3) is 0.200. The first-order valence-electron chi connectivity index (χ1n) is 8.98. The number of aryl methyl sites for hydroxylation is 1. The van der Waals surface area contributed by atoms with Crippen molar-refractivity contribution in [3.05, 3.63) is 70.4 Å². The van der Waals surface area contributed by atoms with E-state index in [1.807, 2.05) is 35.9 Å². The second-order valence-corrected chi connectivity index (χ2v) is 6.67. The molecule has 4 heterocycles. The first kappa shape index (κ1) is 15.7. The molecule has 0 aliphatic carbocycles. The maximum absolute atomic E-state index is 13.0. The molecule has 0 bridgehead atoms. The summed E-state index contributed by atoms with van der Waals surface area (Å²) in [4.78, 5) is 20.8. The van der Waals surface area contributed by atoms with Crippen molar-refractivity contribution >= 4 is 27.6 Å². The van der Waals surface area contributed by atoms with E-state index in [-0.39, 0.29) is 11.5 Å². The van der Waals surface area contributed by atoms with E-state index in [4.69, 9.17) is 0 Å². The number of nitrogens with zero attached hydrogens (tertiary/aromatic N) is 5. The summed E-state index contributed by atoms with van der Waals surface area (Å²) in [5, 5.41) is 10.3. The minimum Gasteiger partial charge on any atom is -0.339 e. The van der Waals surface area contributed by atoms with Crippen molar-refractivity contribution < 1.29 is 0 Å². The minimum absolute atomic E-state index is 0.0861. The monoisotopic (exact) mass is 358 g/mol. The molecule has 1 atom stereocenters. The molecule has 0 saturated carbocycles. The SMILES string of the molecule is CCn1ncc2c3[nH]c4cc(C(C)c5ccccc5)nn4c(=O)c3cnc21. The predicted molar refractivity (Wildman–Crippen MR) is 104 cm³/mol. The van der Waals surface area contributed by atoms with Gasteiger partial charge in [-0.2, -0.15) is 14.7 Å². The minimum atomic E-state index is -0.177. The standard InChI is InChI=1S/C20H18N6O/c1-3-25-19-14(11-22-25)18-15(10-21-19)20(27)26-17(23-18)9-16(24-26)12(2)13-7-5-4-6-8-13/h4-12,23H,3H2,1-2H3. The molecule has 1 aromatic carbocycles. The van der Waals surface area contributed by atoms with Crippen LogP contribution in [0.1, 0.15) is 31.0 Å². The van der Waals surface area contributed by atoms with Crippen LogP contribution >= 0.6 is 0 Å². The van der Waals surface area contributed by atoms with Gasteiger partial charge in [-0.05, 0) is 12.5 Å². The number of rotatable bonds is 3. The smallest absolute Gasteiger partial charge is 0.283 e. The van der Waals surface area contributed by atoms with Gasteiger partial charge in [0.1, 0.15) is 5.65 Å². The average molecular weight is 358 g/mol. The van der Waals surface area contributed by atoms with Crippen LogP contribution in [0.25, 0.3) is 27.6 Å². The Hall–Kier alpha value is -3.48. The Kier molecular flexibility index (Phi) is 3.36. The highest BCUT2D eigenvalue weighted by atomic mass is 16.1. The molecule has 0 amide bonds. The van der Waals surface area contributed by atoms with Gasteiger partial charge in [-0.15, -0.1) is 0 Å². The van der Waals surface area contributed by atoms with Crippen molar-refractivity contribution in [2.45, 2.75) is 26.3 Å². The maximum Gasteiger partial charge on any atom is 0.283 e. The molecule has 0 radical (unpaired) electrons. The Bertz CT molecular complexity index is 1350. The zero-order valence-electron chi connectivity index (χ0n) is 15.0. The van der Waals surface area contributed by atoms with Crippen LogP contribution in [-0.2, 0) is 6.54 Å². The number of aromatic amines is 1. The largest absolute Gasteiger partial charge is 0.339 e. The number of pyridine rings is 1. The van der Waals surface area contributed by atoms with Gasteiger partial charge in [0.05, 0.1) is 28.2 Å². The van der Waals surface area contributed by atoms with E-state index < -0.39 is 0 Å². The molecule has 0 spiro atoms. The number of nitrogens with one attached hydrogen (secondary N) is 1. The summed E-state index contributed by atoms with van der Waals surface area (Å²) >= 11 is 0. The number of H-pyrrole nitrogens is 1. The Balaban J connectivity index is 1.76. The van der Waals surface area contributed by atoms with Crippen LogP contribution in [0.4, 0.5) is 0 Å². The quantitative estimate of drug-likeness (QED) is 0.537. The number of fused-ring (bicyclic) bond motifs is 4. The summed E-state index contributed by atoms with van der Waals surface area (Å²) in [6, 6.07) is 12.1. The van der Waals surface area contributed by atoms with E-state index in [1.165, 1.54) is 4.52 Å². The number of aromatic nitrogens is 6. The van der Waals surface area contributed by atoms with Crippen LogP contribution in [0.5, 0.6) is 0 Å². The molecule has 1 N–H and O–H groups in total. The van der Waals surface area contributed by atoms with E-state index in [9.17, 15) is 4.79 Å². The molecule has 5 aromatic rings. The third kappa shape index (κ3) is 2.28. The topological polar surface area (TPSA) is 80.9 Å². The first-order chi connectivity index (χ1) is 13.2. The van der Waals surface area contributed by atoms with Crippen molar-refractivity contribution in [1.82, 2.24) is 29.4 Å². The summed E-state index contributed by atoms with van der Waals surface area (Å²) in [5.74, 6) is 0.0861. The van der Waals surface area contributed by atoms with E-state index in [0.29, 0.717) is 11.0 Å². The third-order valence-electron chi connectivity index (χ3n) is 5.11. The van der Waals surface area contributed by atoms with Gasteiger partial charge in [-0.3, -0.25) is 4.79 Å². The molecular formula is C20H18N6O. The molecular weight excluding hydrogens is 340 g/mol. The fourth-order valence-electron chi connectivity index (χ4n) is 3.56. The van der Waals surface area contributed by atoms with Gasteiger partial charge in [0.15, 0.2) is 5.65 Å². The fourth-order valence-corrected chi connectivity index (χ4v) is 3.56. The van der Waals surface area contributed by atoms with Crippen LogP contribution in [0, 0.1) is 0 Å². The summed E-state index contributed by atoms with van der Waals surface area (Å²) in [7, 11) is 0. The molecule has 27 heavy (non-hydrogen) atoms. The molecule has 7 heteroatoms. The number of benzene rings is 1. The Morgan fingerprint density at radius 3 is 2.74 bits per heavy atom. The molecule has 0 fully saturated rings. The lowest BCUT2D eigenvalue weighted by molar-refractivity contribution is 0.677. The second-order valence-electron chi connectivity index (χ2n) is 6.67. The first-order valence-corrected chi connectivity index (χ1v) is 8.98. The van der Waals surface area contributed by atoms with Crippen LogP contribution in [0.15, 0.2) is 53.6 Å². The number of hydrogen-bond donors (Lipinski definition) is 1. The van der Waals surface area contributed by atoms with Crippen molar-refractivity contribution in [3.63, 3.8) is 0 Å². The lowest BCUT2D eigenvalue weighted by atomic mass is 9.98. The van der Waals surface area contributed by atoms with Gasteiger partial charge in [-0.25, -0.2) is 9.67 Å². The molecule has 4 aromatic heterocycles. The van der Waals surface area contributed by atoms with Crippen molar-refractivity contribution in [3.8, 4) is 0 Å². The highest BCUT2D eigenvalue weighted by molar-refractivity contribution is 6.01. The van der Waals surface area contributed by atoms with Crippen LogP contribution in [-0.4, -0.2) is 29.4 Å². The van der Waals surface area contributed by atoms with E-state index in [0.717, 1.165) is 34.4 Å². The molecule has 0 aliphatic heterocycles. The van der Waals surface area contributed by atoms with E-state index in [2.05, 4.69) is 39.2 Å². The Morgan fingerprint density at radius 2 is 1.96 bits per heavy atom. The van der Waals surface area contributed by atoms with Crippen LogP contribution < -0.4 is 5.56 Å². The third-order valence-corrected chi connectivity index (χ3v) is 5.11. The second kappa shape index (κ2) is 5.77. The zero-order chi connectivity index (χ0) is 18.5. The molecule has 7 nitrogen and oxygen atoms in total. The summed E-state index contributed by atoms with van der Waals surface area (Å²) in [6.07, 6.45) is 3.36. The van der Waals surface area contributed by atoms with Gasteiger partial charge in [0.2, 0.25) is 0 Å². The summed E-state index contributed by atoms with van der Waals surface area (Å²) < 4.78 is 3.24. The molecule has 0 aliphatic rings. The van der Waals surface area contributed by atoms with Crippen LogP contribution in [0.2, 0.25) is 0 Å². The highest BCUT2D eigenvalue weighted by Gasteiger charge is 2.17. The van der Waals surface area contributed by atoms with Crippen molar-refractivity contribution in [1.29, 1.82) is 0 Å². The Labute approximate surface area is 154 Å².